The molecule has 0 nitrogen and oxygen atoms in total. The van der Waals surface area contributed by atoms with Gasteiger partial charge < -0.3 is 0 Å². The minimum Gasteiger partial charge on any atom is -0.135 e. The second-order valence-electron chi connectivity index (χ2n) is 6.14. The molecule has 1 aromatic heterocycles. The van der Waals surface area contributed by atoms with Crippen molar-refractivity contribution in [2.24, 2.45) is 0 Å². The molecular formula is C23H16Cl2S. The monoisotopic (exact) mass is 394 g/mol. The number of thiophene rings is 1. The number of hydrogen-bond acceptors (Lipinski definition) is 1. The Labute approximate surface area is 167 Å². The average Bonchev–Trinajstić information content (AvgIpc) is 3.09. The van der Waals surface area contributed by atoms with Crippen LogP contribution in [0.15, 0.2) is 84.9 Å². The van der Waals surface area contributed by atoms with Gasteiger partial charge in [-0.05, 0) is 59.0 Å². The van der Waals surface area contributed by atoms with E-state index in [1.807, 2.05) is 35.6 Å². The normalized spacial score (nSPS) is 10.8. The van der Waals surface area contributed by atoms with E-state index < -0.39 is 0 Å². The highest BCUT2D eigenvalue weighted by atomic mass is 35.5. The lowest BCUT2D eigenvalue weighted by molar-refractivity contribution is 1.21. The number of hydrogen-bond donors (Lipinski definition) is 0. The van der Waals surface area contributed by atoms with Crippen LogP contribution in [0.5, 0.6) is 0 Å². The molecular weight excluding hydrogens is 379 g/mol. The zero-order chi connectivity index (χ0) is 17.9. The maximum absolute atomic E-state index is 6.04. The number of benzene rings is 3. The van der Waals surface area contributed by atoms with Crippen molar-refractivity contribution in [2.75, 3.05) is 0 Å². The maximum atomic E-state index is 6.04. The van der Waals surface area contributed by atoms with E-state index in [9.17, 15) is 0 Å². The summed E-state index contributed by atoms with van der Waals surface area (Å²) in [5.74, 6) is 0. The van der Waals surface area contributed by atoms with Crippen LogP contribution in [0.1, 0.15) is 11.1 Å². The van der Waals surface area contributed by atoms with Gasteiger partial charge in [0.05, 0.1) is 0 Å². The molecule has 128 valence electrons. The van der Waals surface area contributed by atoms with Crippen LogP contribution in [0.3, 0.4) is 0 Å². The van der Waals surface area contributed by atoms with E-state index in [0.29, 0.717) is 0 Å². The van der Waals surface area contributed by atoms with Crippen molar-refractivity contribution in [3.8, 4) is 20.9 Å². The Bertz CT molecular complexity index is 1000. The van der Waals surface area contributed by atoms with Crippen LogP contribution in [0, 0.1) is 0 Å². The Balaban J connectivity index is 1.77. The smallest absolute Gasteiger partial charge is 0.0406 e. The summed E-state index contributed by atoms with van der Waals surface area (Å²) in [6, 6.07) is 29.0. The van der Waals surface area contributed by atoms with E-state index >= 15 is 0 Å². The minimum absolute atomic E-state index is 0.759. The van der Waals surface area contributed by atoms with Gasteiger partial charge in [-0.25, -0.2) is 0 Å². The highest BCUT2D eigenvalue weighted by Crippen LogP contribution is 2.39. The largest absolute Gasteiger partial charge is 0.135 e. The van der Waals surface area contributed by atoms with Crippen LogP contribution in [-0.2, 0) is 6.42 Å². The van der Waals surface area contributed by atoms with Crippen molar-refractivity contribution in [3.63, 3.8) is 0 Å². The molecule has 0 N–H and O–H groups in total. The Morgan fingerprint density at radius 1 is 0.654 bits per heavy atom. The van der Waals surface area contributed by atoms with Gasteiger partial charge in [-0.3, -0.25) is 0 Å². The van der Waals surface area contributed by atoms with E-state index in [4.69, 9.17) is 23.2 Å². The molecule has 1 heterocycles. The molecule has 0 aliphatic heterocycles. The standard InChI is InChI=1S/C23H16Cl2S/c24-20-10-6-16(7-11-20)14-19-15-22(17-8-12-21(25)13-9-17)26-23(19)18-4-2-1-3-5-18/h1-13,15H,14H2. The zero-order valence-electron chi connectivity index (χ0n) is 14.0. The lowest BCUT2D eigenvalue weighted by Gasteiger charge is -2.04. The summed E-state index contributed by atoms with van der Waals surface area (Å²) in [5, 5.41) is 1.53. The second-order valence-corrected chi connectivity index (χ2v) is 8.07. The summed E-state index contributed by atoms with van der Waals surface area (Å²) in [6.45, 7) is 0. The van der Waals surface area contributed by atoms with Crippen molar-refractivity contribution in [2.45, 2.75) is 6.42 Å². The highest BCUT2D eigenvalue weighted by Gasteiger charge is 2.13. The van der Waals surface area contributed by atoms with Gasteiger partial charge in [-0.1, -0.05) is 77.8 Å². The minimum atomic E-state index is 0.759. The molecule has 3 aromatic carbocycles. The fourth-order valence-electron chi connectivity index (χ4n) is 2.97. The van der Waals surface area contributed by atoms with Crippen LogP contribution >= 0.6 is 34.5 Å². The molecule has 0 unspecified atom stereocenters. The van der Waals surface area contributed by atoms with Crippen LogP contribution in [0.2, 0.25) is 10.0 Å². The Morgan fingerprint density at radius 2 is 1.27 bits per heavy atom. The predicted octanol–water partition coefficient (Wildman–Crippen LogP) is 7.98. The van der Waals surface area contributed by atoms with E-state index in [2.05, 4.69) is 60.7 Å². The van der Waals surface area contributed by atoms with E-state index in [1.165, 1.54) is 32.0 Å². The van der Waals surface area contributed by atoms with Crippen LogP contribution in [-0.4, -0.2) is 0 Å². The summed E-state index contributed by atoms with van der Waals surface area (Å²) in [6.07, 6.45) is 0.880. The lowest BCUT2D eigenvalue weighted by Crippen LogP contribution is -1.88. The fraction of sp³-hybridized carbons (Fsp3) is 0.0435. The molecule has 0 aliphatic rings. The molecule has 0 radical (unpaired) electrons. The van der Waals surface area contributed by atoms with Gasteiger partial charge in [-0.15, -0.1) is 11.3 Å². The average molecular weight is 395 g/mol. The first-order chi connectivity index (χ1) is 12.7. The quantitative estimate of drug-likeness (QED) is 0.329. The van der Waals surface area contributed by atoms with Crippen molar-refractivity contribution in [1.82, 2.24) is 0 Å². The van der Waals surface area contributed by atoms with E-state index in [1.54, 1.807) is 0 Å². The molecule has 0 aliphatic carbocycles. The molecule has 26 heavy (non-hydrogen) atoms. The Morgan fingerprint density at radius 3 is 1.92 bits per heavy atom. The van der Waals surface area contributed by atoms with Gasteiger partial charge in [0.2, 0.25) is 0 Å². The van der Waals surface area contributed by atoms with Crippen LogP contribution in [0.25, 0.3) is 20.9 Å². The summed E-state index contributed by atoms with van der Waals surface area (Å²) in [5.41, 5.74) is 5.03. The van der Waals surface area contributed by atoms with Crippen molar-refractivity contribution >= 4 is 34.5 Å². The molecule has 0 spiro atoms. The first-order valence-electron chi connectivity index (χ1n) is 8.37. The summed E-state index contributed by atoms with van der Waals surface area (Å²) >= 11 is 13.9. The first kappa shape index (κ1) is 17.4. The van der Waals surface area contributed by atoms with Crippen molar-refractivity contribution < 1.29 is 0 Å². The number of halogens is 2. The van der Waals surface area contributed by atoms with Gasteiger partial charge >= 0.3 is 0 Å². The highest BCUT2D eigenvalue weighted by molar-refractivity contribution is 7.19. The molecule has 0 atom stereocenters. The molecule has 3 heteroatoms. The molecule has 0 saturated heterocycles. The second kappa shape index (κ2) is 7.67. The zero-order valence-corrected chi connectivity index (χ0v) is 16.3. The fourth-order valence-corrected chi connectivity index (χ4v) is 4.42. The van der Waals surface area contributed by atoms with Gasteiger partial charge in [-0.2, -0.15) is 0 Å². The topological polar surface area (TPSA) is 0 Å². The van der Waals surface area contributed by atoms with E-state index in [0.717, 1.165) is 16.5 Å². The van der Waals surface area contributed by atoms with Crippen molar-refractivity contribution in [1.29, 1.82) is 0 Å². The molecule has 4 rings (SSSR count). The SMILES string of the molecule is Clc1ccc(Cc2cc(-c3ccc(Cl)cc3)sc2-c2ccccc2)cc1. The molecule has 0 bridgehead atoms. The molecule has 0 amide bonds. The van der Waals surface area contributed by atoms with Gasteiger partial charge in [0.1, 0.15) is 0 Å². The number of rotatable bonds is 4. The molecule has 0 fully saturated rings. The van der Waals surface area contributed by atoms with Gasteiger partial charge in [0.15, 0.2) is 0 Å². The molecule has 4 aromatic rings. The Hall–Kier alpha value is -2.06. The third kappa shape index (κ3) is 3.86. The van der Waals surface area contributed by atoms with Gasteiger partial charge in [0.25, 0.3) is 0 Å². The first-order valence-corrected chi connectivity index (χ1v) is 9.95. The third-order valence-electron chi connectivity index (χ3n) is 4.28. The molecule has 0 saturated carbocycles. The summed E-state index contributed by atoms with van der Waals surface area (Å²) in [4.78, 5) is 2.56. The lowest BCUT2D eigenvalue weighted by atomic mass is 10.0. The predicted molar refractivity (Wildman–Crippen MR) is 114 cm³/mol. The maximum Gasteiger partial charge on any atom is 0.0406 e. The summed E-state index contributed by atoms with van der Waals surface area (Å²) < 4.78 is 0. The van der Waals surface area contributed by atoms with Crippen LogP contribution in [0.4, 0.5) is 0 Å². The Kier molecular flexibility index (Phi) is 5.12. The van der Waals surface area contributed by atoms with Gasteiger partial charge in [0, 0.05) is 19.8 Å². The van der Waals surface area contributed by atoms with Crippen LogP contribution < -0.4 is 0 Å². The third-order valence-corrected chi connectivity index (χ3v) is 6.06. The van der Waals surface area contributed by atoms with E-state index in [-0.39, 0.29) is 0 Å². The van der Waals surface area contributed by atoms with Crippen molar-refractivity contribution in [3.05, 3.63) is 106 Å². The summed E-state index contributed by atoms with van der Waals surface area (Å²) in [7, 11) is 0.